The summed E-state index contributed by atoms with van der Waals surface area (Å²) in [7, 11) is 0. The smallest absolute Gasteiger partial charge is 0.166 e. The minimum absolute atomic E-state index is 0.284. The zero-order valence-electron chi connectivity index (χ0n) is 6.66. The Labute approximate surface area is 82.9 Å². The molecule has 0 aliphatic carbocycles. The summed E-state index contributed by atoms with van der Waals surface area (Å²) in [6.07, 6.45) is -3.93. The SMILES string of the molecule is FC(F)(F)c1[c]cccc1CCBr. The Morgan fingerprint density at radius 3 is 2.62 bits per heavy atom. The molecular weight excluding hydrogens is 245 g/mol. The molecule has 1 radical (unpaired) electrons. The average molecular weight is 252 g/mol. The lowest BCUT2D eigenvalue weighted by molar-refractivity contribution is -0.138. The lowest BCUT2D eigenvalue weighted by Gasteiger charge is -2.10. The highest BCUT2D eigenvalue weighted by molar-refractivity contribution is 9.09. The van der Waals surface area contributed by atoms with Crippen LogP contribution in [0, 0.1) is 6.07 Å². The van der Waals surface area contributed by atoms with Gasteiger partial charge >= 0.3 is 6.18 Å². The van der Waals surface area contributed by atoms with Crippen LogP contribution in [0.15, 0.2) is 18.2 Å². The molecule has 0 aliphatic heterocycles. The van der Waals surface area contributed by atoms with Crippen LogP contribution >= 0.6 is 15.9 Å². The first-order valence-electron chi connectivity index (χ1n) is 3.68. The van der Waals surface area contributed by atoms with E-state index in [0.29, 0.717) is 11.8 Å². The molecule has 0 spiro atoms. The summed E-state index contributed by atoms with van der Waals surface area (Å²) in [5, 5.41) is 0.522. The van der Waals surface area contributed by atoms with Crippen LogP contribution in [0.2, 0.25) is 0 Å². The van der Waals surface area contributed by atoms with Gasteiger partial charge in [0.25, 0.3) is 0 Å². The number of halogens is 4. The molecule has 0 fully saturated rings. The molecule has 13 heavy (non-hydrogen) atoms. The van der Waals surface area contributed by atoms with Crippen molar-refractivity contribution in [1.82, 2.24) is 0 Å². The number of benzene rings is 1. The van der Waals surface area contributed by atoms with Gasteiger partial charge in [-0.3, -0.25) is 0 Å². The van der Waals surface area contributed by atoms with Gasteiger partial charge in [-0.1, -0.05) is 34.1 Å². The zero-order valence-corrected chi connectivity index (χ0v) is 8.24. The molecule has 0 bridgehead atoms. The van der Waals surface area contributed by atoms with Crippen LogP contribution in [0.25, 0.3) is 0 Å². The van der Waals surface area contributed by atoms with Gasteiger partial charge in [-0.15, -0.1) is 0 Å². The molecule has 1 aromatic rings. The minimum Gasteiger partial charge on any atom is -0.166 e. The van der Waals surface area contributed by atoms with Gasteiger partial charge in [0.05, 0.1) is 5.56 Å². The van der Waals surface area contributed by atoms with Crippen LogP contribution in [0.1, 0.15) is 11.1 Å². The summed E-state index contributed by atoms with van der Waals surface area (Å²) < 4.78 is 37.0. The second-order valence-corrected chi connectivity index (χ2v) is 3.30. The van der Waals surface area contributed by atoms with E-state index in [2.05, 4.69) is 22.0 Å². The molecule has 1 aromatic carbocycles. The van der Waals surface area contributed by atoms with Gasteiger partial charge in [0.1, 0.15) is 0 Å². The maximum atomic E-state index is 12.3. The standard InChI is InChI=1S/C9H7BrF3/c10-6-5-7-3-1-2-4-8(7)9(11,12)13/h1-3H,5-6H2. The summed E-state index contributed by atoms with van der Waals surface area (Å²) in [6, 6.07) is 6.53. The molecule has 0 aliphatic rings. The van der Waals surface area contributed by atoms with E-state index in [1.807, 2.05) is 0 Å². The summed E-state index contributed by atoms with van der Waals surface area (Å²) in [5.41, 5.74) is -0.374. The van der Waals surface area contributed by atoms with Gasteiger partial charge in [-0.25, -0.2) is 0 Å². The van der Waals surface area contributed by atoms with Crippen LogP contribution in [-0.2, 0) is 12.6 Å². The van der Waals surface area contributed by atoms with Crippen molar-refractivity contribution in [2.75, 3.05) is 5.33 Å². The summed E-state index contributed by atoms with van der Waals surface area (Å²) in [6.45, 7) is 0. The normalized spacial score (nSPS) is 11.7. The molecule has 0 saturated carbocycles. The van der Waals surface area contributed by atoms with Crippen molar-refractivity contribution >= 4 is 15.9 Å². The highest BCUT2D eigenvalue weighted by Crippen LogP contribution is 2.31. The van der Waals surface area contributed by atoms with Crippen LogP contribution in [0.3, 0.4) is 0 Å². The molecule has 0 amide bonds. The molecule has 0 N–H and O–H groups in total. The van der Waals surface area contributed by atoms with Crippen molar-refractivity contribution < 1.29 is 13.2 Å². The highest BCUT2D eigenvalue weighted by Gasteiger charge is 2.32. The summed E-state index contributed by atoms with van der Waals surface area (Å²) in [4.78, 5) is 0. The maximum Gasteiger partial charge on any atom is 0.417 e. The first-order chi connectivity index (χ1) is 6.05. The average Bonchev–Trinajstić information content (AvgIpc) is 2.04. The molecule has 4 heteroatoms. The largest absolute Gasteiger partial charge is 0.417 e. The number of aryl methyl sites for hydroxylation is 1. The molecule has 0 heterocycles. The first-order valence-corrected chi connectivity index (χ1v) is 4.80. The first kappa shape index (κ1) is 10.6. The molecule has 1 rings (SSSR count). The molecule has 0 atom stereocenters. The van der Waals surface area contributed by atoms with Crippen molar-refractivity contribution in [3.8, 4) is 0 Å². The van der Waals surface area contributed by atoms with Crippen molar-refractivity contribution in [3.05, 3.63) is 35.4 Å². The number of alkyl halides is 4. The number of hydrogen-bond donors (Lipinski definition) is 0. The fourth-order valence-corrected chi connectivity index (χ4v) is 1.47. The van der Waals surface area contributed by atoms with Gasteiger partial charge in [0, 0.05) is 5.33 Å². The van der Waals surface area contributed by atoms with E-state index in [0.717, 1.165) is 0 Å². The van der Waals surface area contributed by atoms with Gasteiger partial charge in [0.15, 0.2) is 0 Å². The van der Waals surface area contributed by atoms with Gasteiger partial charge in [-0.2, -0.15) is 13.2 Å². The quantitative estimate of drug-likeness (QED) is 0.707. The maximum absolute atomic E-state index is 12.3. The molecule has 71 valence electrons. The summed E-state index contributed by atoms with van der Waals surface area (Å²) in [5.74, 6) is 0. The van der Waals surface area contributed by atoms with E-state index in [4.69, 9.17) is 0 Å². The third-order valence-corrected chi connectivity index (χ3v) is 1.99. The Hall–Kier alpha value is -0.510. The van der Waals surface area contributed by atoms with E-state index in [1.165, 1.54) is 12.1 Å². The van der Waals surface area contributed by atoms with Gasteiger partial charge < -0.3 is 0 Å². The third kappa shape index (κ3) is 2.72. The number of rotatable bonds is 2. The second-order valence-electron chi connectivity index (χ2n) is 2.51. The Kier molecular flexibility index (Phi) is 3.36. The molecular formula is C9H7BrF3. The van der Waals surface area contributed by atoms with Crippen molar-refractivity contribution in [3.63, 3.8) is 0 Å². The van der Waals surface area contributed by atoms with Crippen LogP contribution in [-0.4, -0.2) is 5.33 Å². The topological polar surface area (TPSA) is 0 Å². The van der Waals surface area contributed by atoms with Crippen LogP contribution in [0.4, 0.5) is 13.2 Å². The lowest BCUT2D eigenvalue weighted by atomic mass is 10.1. The van der Waals surface area contributed by atoms with Crippen LogP contribution < -0.4 is 0 Å². The Bertz CT molecular complexity index is 280. The third-order valence-electron chi connectivity index (χ3n) is 1.59. The van der Waals surface area contributed by atoms with E-state index in [-0.39, 0.29) is 5.56 Å². The number of hydrogen-bond acceptors (Lipinski definition) is 0. The highest BCUT2D eigenvalue weighted by atomic mass is 79.9. The molecule has 0 unspecified atom stereocenters. The molecule has 0 aromatic heterocycles. The van der Waals surface area contributed by atoms with Crippen LogP contribution in [0.5, 0.6) is 0 Å². The molecule has 0 saturated heterocycles. The van der Waals surface area contributed by atoms with Gasteiger partial charge in [-0.05, 0) is 18.1 Å². The minimum atomic E-state index is -4.29. The summed E-state index contributed by atoms with van der Waals surface area (Å²) >= 11 is 3.11. The van der Waals surface area contributed by atoms with Crippen molar-refractivity contribution in [2.45, 2.75) is 12.6 Å². The predicted octanol–water partition coefficient (Wildman–Crippen LogP) is 3.44. The predicted molar refractivity (Wildman–Crippen MR) is 47.8 cm³/mol. The zero-order chi connectivity index (χ0) is 9.90. The van der Waals surface area contributed by atoms with E-state index >= 15 is 0 Å². The fraction of sp³-hybridized carbons (Fsp3) is 0.333. The fourth-order valence-electron chi connectivity index (χ4n) is 1.05. The Morgan fingerprint density at radius 2 is 2.08 bits per heavy atom. The Morgan fingerprint density at radius 1 is 1.38 bits per heavy atom. The van der Waals surface area contributed by atoms with E-state index in [9.17, 15) is 13.2 Å². The van der Waals surface area contributed by atoms with Crippen molar-refractivity contribution in [1.29, 1.82) is 0 Å². The van der Waals surface area contributed by atoms with Crippen molar-refractivity contribution in [2.24, 2.45) is 0 Å². The molecule has 0 nitrogen and oxygen atoms in total. The Balaban J connectivity index is 3.05. The second kappa shape index (κ2) is 4.13. The monoisotopic (exact) mass is 251 g/mol. The van der Waals surface area contributed by atoms with Gasteiger partial charge in [0.2, 0.25) is 0 Å². The van der Waals surface area contributed by atoms with E-state index < -0.39 is 11.7 Å². The lowest BCUT2D eigenvalue weighted by Crippen LogP contribution is -2.09. The van der Waals surface area contributed by atoms with E-state index in [1.54, 1.807) is 6.07 Å².